The van der Waals surface area contributed by atoms with Crippen molar-refractivity contribution in [3.05, 3.63) is 48.0 Å². The summed E-state index contributed by atoms with van der Waals surface area (Å²) in [6.07, 6.45) is 9.89. The highest BCUT2D eigenvalue weighted by Crippen LogP contribution is 2.48. The van der Waals surface area contributed by atoms with Gasteiger partial charge in [0.05, 0.1) is 6.20 Å². The number of rotatable bonds is 6. The van der Waals surface area contributed by atoms with Crippen molar-refractivity contribution in [1.29, 1.82) is 0 Å². The molecule has 2 aromatic heterocycles. The van der Waals surface area contributed by atoms with Crippen LogP contribution in [0, 0.1) is 5.92 Å². The molecule has 144 valence electrons. The Kier molecular flexibility index (Phi) is 5.25. The van der Waals surface area contributed by atoms with Crippen molar-refractivity contribution in [2.45, 2.75) is 37.6 Å². The van der Waals surface area contributed by atoms with Crippen LogP contribution in [-0.2, 0) is 18.3 Å². The molecule has 1 amide bonds. The maximum atomic E-state index is 12.9. The zero-order valence-electron chi connectivity index (χ0n) is 16.3. The maximum absolute atomic E-state index is 12.9. The number of amides is 1. The molecule has 6 nitrogen and oxygen atoms in total. The molecule has 0 N–H and O–H groups in total. The number of carbonyl (C=O) groups is 1. The Morgan fingerprint density at radius 3 is 2.78 bits per heavy atom. The molecule has 0 radical (unpaired) electrons. The zero-order valence-corrected chi connectivity index (χ0v) is 16.3. The summed E-state index contributed by atoms with van der Waals surface area (Å²) in [5.41, 5.74) is 2.36. The molecule has 3 heterocycles. The molecule has 0 bridgehead atoms. The number of hydrogen-bond donors (Lipinski definition) is 0. The van der Waals surface area contributed by atoms with Crippen LogP contribution in [0.4, 0.5) is 0 Å². The van der Waals surface area contributed by atoms with Gasteiger partial charge >= 0.3 is 0 Å². The number of likely N-dealkylation sites (tertiary alicyclic amines) is 1. The molecule has 2 aliphatic rings. The van der Waals surface area contributed by atoms with E-state index in [9.17, 15) is 4.79 Å². The van der Waals surface area contributed by atoms with Gasteiger partial charge < -0.3 is 9.80 Å². The van der Waals surface area contributed by atoms with Crippen LogP contribution in [0.3, 0.4) is 0 Å². The van der Waals surface area contributed by atoms with Crippen molar-refractivity contribution >= 4 is 5.91 Å². The van der Waals surface area contributed by atoms with Crippen LogP contribution in [0.25, 0.3) is 0 Å². The van der Waals surface area contributed by atoms with Crippen LogP contribution in [0.5, 0.6) is 0 Å². The van der Waals surface area contributed by atoms with Gasteiger partial charge in [-0.3, -0.25) is 14.5 Å². The molecule has 2 fully saturated rings. The maximum Gasteiger partial charge on any atom is 0.226 e. The van der Waals surface area contributed by atoms with Crippen LogP contribution in [0.2, 0.25) is 0 Å². The lowest BCUT2D eigenvalue weighted by molar-refractivity contribution is -0.134. The molecular weight excluding hydrogens is 338 g/mol. The lowest BCUT2D eigenvalue weighted by Crippen LogP contribution is -2.46. The summed E-state index contributed by atoms with van der Waals surface area (Å²) >= 11 is 0. The lowest BCUT2D eigenvalue weighted by Gasteiger charge is -2.37. The fourth-order valence-electron chi connectivity index (χ4n) is 4.26. The van der Waals surface area contributed by atoms with Crippen molar-refractivity contribution in [2.75, 3.05) is 26.7 Å². The molecule has 0 unspecified atom stereocenters. The first-order valence-corrected chi connectivity index (χ1v) is 9.99. The minimum atomic E-state index is 0.154. The van der Waals surface area contributed by atoms with Crippen molar-refractivity contribution in [1.82, 2.24) is 24.6 Å². The van der Waals surface area contributed by atoms with Gasteiger partial charge in [-0.2, -0.15) is 5.10 Å². The molecule has 2 aromatic rings. The normalized spacial score (nSPS) is 23.3. The van der Waals surface area contributed by atoms with E-state index in [0.29, 0.717) is 17.9 Å². The standard InChI is InChI=1S/C21H29N5O/c1-24-15-16(14-23-24)19-13-20(19)21(27)25(2)18-7-11-26(12-8-18)10-6-17-5-3-4-9-22-17/h3-5,9,14-15,18-20H,6-8,10-13H2,1-2H3/t19-,20+/m0/s1. The molecule has 27 heavy (non-hydrogen) atoms. The van der Waals surface area contributed by atoms with Crippen molar-refractivity contribution in [3.63, 3.8) is 0 Å². The number of piperidine rings is 1. The van der Waals surface area contributed by atoms with E-state index in [0.717, 1.165) is 51.0 Å². The summed E-state index contributed by atoms with van der Waals surface area (Å²) in [5.74, 6) is 0.837. The van der Waals surface area contributed by atoms with E-state index in [2.05, 4.69) is 21.0 Å². The predicted molar refractivity (Wildman–Crippen MR) is 104 cm³/mol. The third kappa shape index (κ3) is 4.21. The van der Waals surface area contributed by atoms with Crippen LogP contribution in [0.15, 0.2) is 36.8 Å². The van der Waals surface area contributed by atoms with Gasteiger partial charge in [-0.05, 0) is 42.9 Å². The molecular formula is C21H29N5O. The second-order valence-electron chi connectivity index (χ2n) is 7.99. The molecule has 1 aliphatic carbocycles. The van der Waals surface area contributed by atoms with Gasteiger partial charge in [-0.1, -0.05) is 6.07 Å². The highest BCUT2D eigenvalue weighted by Gasteiger charge is 2.46. The Morgan fingerprint density at radius 1 is 1.30 bits per heavy atom. The third-order valence-corrected chi connectivity index (χ3v) is 6.12. The van der Waals surface area contributed by atoms with Crippen molar-refractivity contribution in [3.8, 4) is 0 Å². The second-order valence-corrected chi connectivity index (χ2v) is 7.99. The van der Waals surface area contributed by atoms with Crippen LogP contribution in [0.1, 0.15) is 36.4 Å². The monoisotopic (exact) mass is 367 g/mol. The smallest absolute Gasteiger partial charge is 0.226 e. The summed E-state index contributed by atoms with van der Waals surface area (Å²) in [6, 6.07) is 6.47. The number of aromatic nitrogens is 3. The highest BCUT2D eigenvalue weighted by molar-refractivity contribution is 5.83. The Balaban J connectivity index is 1.23. The van der Waals surface area contributed by atoms with Crippen molar-refractivity contribution < 1.29 is 4.79 Å². The topological polar surface area (TPSA) is 54.3 Å². The molecule has 1 aliphatic heterocycles. The fraction of sp³-hybridized carbons (Fsp3) is 0.571. The van der Waals surface area contributed by atoms with E-state index in [1.54, 1.807) is 0 Å². The molecule has 0 spiro atoms. The van der Waals surface area contributed by atoms with Gasteiger partial charge in [-0.15, -0.1) is 0 Å². The molecule has 6 heteroatoms. The van der Waals surface area contributed by atoms with E-state index in [1.165, 1.54) is 5.56 Å². The number of pyridine rings is 1. The second kappa shape index (κ2) is 7.80. The van der Waals surface area contributed by atoms with Crippen molar-refractivity contribution in [2.24, 2.45) is 13.0 Å². The van der Waals surface area contributed by atoms with Gasteiger partial charge in [0.15, 0.2) is 0 Å². The molecule has 2 atom stereocenters. The highest BCUT2D eigenvalue weighted by atomic mass is 16.2. The summed E-state index contributed by atoms with van der Waals surface area (Å²) in [4.78, 5) is 21.8. The first-order valence-electron chi connectivity index (χ1n) is 9.99. The van der Waals surface area contributed by atoms with E-state index in [4.69, 9.17) is 0 Å². The summed E-state index contributed by atoms with van der Waals surface area (Å²) in [5, 5.41) is 4.24. The minimum absolute atomic E-state index is 0.154. The Morgan fingerprint density at radius 2 is 2.11 bits per heavy atom. The molecule has 0 aromatic carbocycles. The Labute approximate surface area is 161 Å². The number of carbonyl (C=O) groups excluding carboxylic acids is 1. The zero-order chi connectivity index (χ0) is 18.8. The summed E-state index contributed by atoms with van der Waals surface area (Å²) in [7, 11) is 3.92. The number of nitrogens with zero attached hydrogens (tertiary/aromatic N) is 5. The first-order chi connectivity index (χ1) is 13.1. The Hall–Kier alpha value is -2.21. The van der Waals surface area contributed by atoms with E-state index < -0.39 is 0 Å². The summed E-state index contributed by atoms with van der Waals surface area (Å²) < 4.78 is 1.82. The van der Waals surface area contributed by atoms with Gasteiger partial charge in [0, 0.05) is 70.2 Å². The van der Waals surface area contributed by atoms with E-state index in [1.807, 2.05) is 54.4 Å². The van der Waals surface area contributed by atoms with Gasteiger partial charge in [0.1, 0.15) is 0 Å². The average molecular weight is 367 g/mol. The van der Waals surface area contributed by atoms with Crippen LogP contribution in [-0.4, -0.2) is 63.2 Å². The van der Waals surface area contributed by atoms with E-state index in [-0.39, 0.29) is 5.92 Å². The first kappa shape index (κ1) is 18.2. The number of aryl methyl sites for hydroxylation is 1. The molecule has 4 rings (SSSR count). The fourth-order valence-corrected chi connectivity index (χ4v) is 4.26. The van der Waals surface area contributed by atoms with Gasteiger partial charge in [0.2, 0.25) is 5.91 Å². The van der Waals surface area contributed by atoms with Crippen LogP contribution >= 0.6 is 0 Å². The quantitative estimate of drug-likeness (QED) is 0.784. The predicted octanol–water partition coefficient (Wildman–Crippen LogP) is 2.08. The SMILES string of the molecule is CN(C(=O)[C@@H]1C[C@H]1c1cnn(C)c1)C1CCN(CCc2ccccn2)CC1. The number of hydrogen-bond acceptors (Lipinski definition) is 4. The van der Waals surface area contributed by atoms with Gasteiger partial charge in [0.25, 0.3) is 0 Å². The molecule has 1 saturated carbocycles. The van der Waals surface area contributed by atoms with Gasteiger partial charge in [-0.25, -0.2) is 0 Å². The summed E-state index contributed by atoms with van der Waals surface area (Å²) in [6.45, 7) is 3.17. The largest absolute Gasteiger partial charge is 0.342 e. The average Bonchev–Trinajstić information content (AvgIpc) is 3.39. The van der Waals surface area contributed by atoms with Crippen LogP contribution < -0.4 is 0 Å². The third-order valence-electron chi connectivity index (χ3n) is 6.12. The lowest BCUT2D eigenvalue weighted by atomic mass is 10.0. The Bertz CT molecular complexity index is 766. The van der Waals surface area contributed by atoms with E-state index >= 15 is 0 Å². The molecule has 1 saturated heterocycles. The minimum Gasteiger partial charge on any atom is -0.342 e.